The number of aromatic amines is 1. The molecule has 0 saturated heterocycles. The Morgan fingerprint density at radius 2 is 1.93 bits per heavy atom. The Morgan fingerprint density at radius 1 is 1.21 bits per heavy atom. The molecule has 1 amide bonds. The average Bonchev–Trinajstić information content (AvgIpc) is 2.97. The molecule has 1 aromatic heterocycles. The second kappa shape index (κ2) is 9.20. The number of aryl methyl sites for hydroxylation is 1. The molecule has 2 N–H and O–H groups in total. The Balaban J connectivity index is 2.36. The predicted molar refractivity (Wildman–Crippen MR) is 98.4 cm³/mol. The quantitative estimate of drug-likeness (QED) is 0.660. The number of esters is 1. The van der Waals surface area contributed by atoms with Crippen LogP contribution in [-0.2, 0) is 11.2 Å². The van der Waals surface area contributed by atoms with E-state index in [4.69, 9.17) is 9.47 Å². The first kappa shape index (κ1) is 21.2. The number of alkyl halides is 2. The molecular weight excluding hydrogens is 374 g/mol. The van der Waals surface area contributed by atoms with Crippen LogP contribution in [0.3, 0.4) is 0 Å². The van der Waals surface area contributed by atoms with Gasteiger partial charge in [0.2, 0.25) is 0 Å². The molecule has 0 atom stereocenters. The van der Waals surface area contributed by atoms with Crippen LogP contribution in [0.4, 0.5) is 14.5 Å². The lowest BCUT2D eigenvalue weighted by atomic mass is 10.0. The molecule has 2 rings (SSSR count). The van der Waals surface area contributed by atoms with Gasteiger partial charge in [-0.25, -0.2) is 4.79 Å². The summed E-state index contributed by atoms with van der Waals surface area (Å²) in [5, 5.41) is 2.62. The van der Waals surface area contributed by atoms with Crippen molar-refractivity contribution in [1.82, 2.24) is 4.98 Å². The first-order valence-corrected chi connectivity index (χ1v) is 8.56. The van der Waals surface area contributed by atoms with Crippen molar-refractivity contribution in [3.05, 3.63) is 40.7 Å². The van der Waals surface area contributed by atoms with Crippen molar-refractivity contribution in [2.45, 2.75) is 33.3 Å². The summed E-state index contributed by atoms with van der Waals surface area (Å²) in [6.45, 7) is 0.553. The second-order valence-electron chi connectivity index (χ2n) is 5.92. The maximum Gasteiger partial charge on any atom is 0.387 e. The minimum atomic E-state index is -3.04. The van der Waals surface area contributed by atoms with E-state index >= 15 is 0 Å². The zero-order valence-electron chi connectivity index (χ0n) is 16.0. The van der Waals surface area contributed by atoms with E-state index in [0.717, 1.165) is 0 Å². The number of aromatic nitrogens is 1. The number of nitrogens with one attached hydrogen (secondary N) is 2. The van der Waals surface area contributed by atoms with E-state index in [0.29, 0.717) is 29.7 Å². The van der Waals surface area contributed by atoms with Gasteiger partial charge in [0.1, 0.15) is 5.69 Å². The Kier molecular flexibility index (Phi) is 6.97. The molecule has 0 radical (unpaired) electrons. The summed E-state index contributed by atoms with van der Waals surface area (Å²) < 4.78 is 39.3. The van der Waals surface area contributed by atoms with Gasteiger partial charge in [-0.1, -0.05) is 13.3 Å². The van der Waals surface area contributed by atoms with E-state index < -0.39 is 18.5 Å². The number of rotatable bonds is 8. The van der Waals surface area contributed by atoms with Crippen molar-refractivity contribution in [2.75, 3.05) is 19.5 Å². The molecule has 0 aliphatic heterocycles. The Labute approximate surface area is 161 Å². The van der Waals surface area contributed by atoms with Crippen molar-refractivity contribution in [1.29, 1.82) is 0 Å². The number of ether oxygens (including phenoxy) is 3. The van der Waals surface area contributed by atoms with Crippen molar-refractivity contribution >= 4 is 17.6 Å². The number of hydrogen-bond acceptors (Lipinski definition) is 5. The van der Waals surface area contributed by atoms with Crippen LogP contribution in [0.25, 0.3) is 0 Å². The largest absolute Gasteiger partial charge is 0.493 e. The van der Waals surface area contributed by atoms with Crippen LogP contribution in [0, 0.1) is 6.92 Å². The molecule has 1 aromatic carbocycles. The van der Waals surface area contributed by atoms with Crippen LogP contribution in [0.15, 0.2) is 18.2 Å². The average molecular weight is 396 g/mol. The van der Waals surface area contributed by atoms with Gasteiger partial charge in [-0.05, 0) is 31.0 Å². The minimum absolute atomic E-state index is 0.105. The maximum atomic E-state index is 12.8. The van der Waals surface area contributed by atoms with Crippen molar-refractivity contribution in [2.24, 2.45) is 0 Å². The van der Waals surface area contributed by atoms with Gasteiger partial charge >= 0.3 is 12.6 Å². The molecule has 0 unspecified atom stereocenters. The SMILES string of the molecule is CCCc1c(C(=O)Nc2ccc(OC)c(OC(F)F)c2)[nH]c(C)c1C(=O)OC. The third-order valence-electron chi connectivity index (χ3n) is 4.05. The van der Waals surface area contributed by atoms with E-state index in [1.807, 2.05) is 6.92 Å². The summed E-state index contributed by atoms with van der Waals surface area (Å²) in [5.41, 5.74) is 1.83. The highest BCUT2D eigenvalue weighted by molar-refractivity contribution is 6.07. The third kappa shape index (κ3) is 4.59. The van der Waals surface area contributed by atoms with Crippen molar-refractivity contribution in [3.8, 4) is 11.5 Å². The number of amides is 1. The number of anilines is 1. The lowest BCUT2D eigenvalue weighted by molar-refractivity contribution is -0.0511. The molecule has 0 saturated carbocycles. The topological polar surface area (TPSA) is 89.7 Å². The molecule has 152 valence electrons. The number of carbonyl (C=O) groups is 2. The first-order chi connectivity index (χ1) is 13.3. The van der Waals surface area contributed by atoms with Gasteiger partial charge in [0.15, 0.2) is 11.5 Å². The molecule has 0 spiro atoms. The lowest BCUT2D eigenvalue weighted by Crippen LogP contribution is -2.15. The number of hydrogen-bond donors (Lipinski definition) is 2. The molecule has 2 aromatic rings. The molecular formula is C19H22F2N2O5. The van der Waals surface area contributed by atoms with Crippen LogP contribution < -0.4 is 14.8 Å². The van der Waals surface area contributed by atoms with E-state index in [9.17, 15) is 18.4 Å². The molecule has 7 nitrogen and oxygen atoms in total. The smallest absolute Gasteiger partial charge is 0.387 e. The van der Waals surface area contributed by atoms with Crippen LogP contribution in [0.1, 0.15) is 45.4 Å². The number of methoxy groups -OCH3 is 2. The van der Waals surface area contributed by atoms with Crippen molar-refractivity contribution < 1.29 is 32.6 Å². The van der Waals surface area contributed by atoms with Gasteiger partial charge in [0, 0.05) is 17.4 Å². The summed E-state index contributed by atoms with van der Waals surface area (Å²) in [6.07, 6.45) is 1.19. The molecule has 0 aliphatic rings. The lowest BCUT2D eigenvalue weighted by Gasteiger charge is -2.12. The Morgan fingerprint density at radius 3 is 2.50 bits per heavy atom. The summed E-state index contributed by atoms with van der Waals surface area (Å²) in [6, 6.07) is 4.13. The summed E-state index contributed by atoms with van der Waals surface area (Å²) in [4.78, 5) is 27.7. The first-order valence-electron chi connectivity index (χ1n) is 8.56. The highest BCUT2D eigenvalue weighted by Gasteiger charge is 2.25. The standard InChI is InChI=1S/C19H22F2N2O5/c1-5-6-12-15(18(25)27-4)10(2)22-16(12)17(24)23-11-7-8-13(26-3)14(9-11)28-19(20)21/h7-9,19,22H,5-6H2,1-4H3,(H,23,24). The zero-order chi connectivity index (χ0) is 20.8. The summed E-state index contributed by atoms with van der Waals surface area (Å²) >= 11 is 0. The fourth-order valence-corrected chi connectivity index (χ4v) is 2.89. The normalized spacial score (nSPS) is 10.7. The molecule has 9 heteroatoms. The Hall–Kier alpha value is -3.10. The van der Waals surface area contributed by atoms with Crippen molar-refractivity contribution in [3.63, 3.8) is 0 Å². The highest BCUT2D eigenvalue weighted by atomic mass is 19.3. The minimum Gasteiger partial charge on any atom is -0.493 e. The fourth-order valence-electron chi connectivity index (χ4n) is 2.89. The molecule has 0 aliphatic carbocycles. The van der Waals surface area contributed by atoms with Gasteiger partial charge in [-0.15, -0.1) is 0 Å². The number of benzene rings is 1. The monoisotopic (exact) mass is 396 g/mol. The van der Waals surface area contributed by atoms with Crippen LogP contribution in [0.5, 0.6) is 11.5 Å². The van der Waals surface area contributed by atoms with E-state index in [1.165, 1.54) is 32.4 Å². The molecule has 0 fully saturated rings. The fraction of sp³-hybridized carbons (Fsp3) is 0.368. The van der Waals surface area contributed by atoms with Gasteiger partial charge in [-0.2, -0.15) is 8.78 Å². The van der Waals surface area contributed by atoms with Gasteiger partial charge in [-0.3, -0.25) is 4.79 Å². The van der Waals surface area contributed by atoms with Crippen LogP contribution >= 0.6 is 0 Å². The van der Waals surface area contributed by atoms with E-state index in [1.54, 1.807) is 6.92 Å². The van der Waals surface area contributed by atoms with E-state index in [-0.39, 0.29) is 22.9 Å². The highest BCUT2D eigenvalue weighted by Crippen LogP contribution is 2.32. The second-order valence-corrected chi connectivity index (χ2v) is 5.92. The summed E-state index contributed by atoms with van der Waals surface area (Å²) in [5.74, 6) is -1.15. The van der Waals surface area contributed by atoms with Gasteiger partial charge < -0.3 is 24.5 Å². The van der Waals surface area contributed by atoms with Gasteiger partial charge in [0.25, 0.3) is 5.91 Å². The summed E-state index contributed by atoms with van der Waals surface area (Å²) in [7, 11) is 2.59. The number of carbonyl (C=O) groups excluding carboxylic acids is 2. The molecule has 1 heterocycles. The van der Waals surface area contributed by atoms with Crippen LogP contribution in [0.2, 0.25) is 0 Å². The predicted octanol–water partition coefficient (Wildman–Crippen LogP) is 3.92. The van der Waals surface area contributed by atoms with Crippen LogP contribution in [-0.4, -0.2) is 37.7 Å². The maximum absolute atomic E-state index is 12.8. The Bertz CT molecular complexity index is 864. The van der Waals surface area contributed by atoms with Gasteiger partial charge in [0.05, 0.1) is 19.8 Å². The number of halogens is 2. The number of H-pyrrole nitrogens is 1. The molecule has 28 heavy (non-hydrogen) atoms. The third-order valence-corrected chi connectivity index (χ3v) is 4.05. The molecule has 0 bridgehead atoms. The zero-order valence-corrected chi connectivity index (χ0v) is 16.0. The van der Waals surface area contributed by atoms with E-state index in [2.05, 4.69) is 15.0 Å².